The van der Waals surface area contributed by atoms with Crippen molar-refractivity contribution in [3.8, 4) is 0 Å². The van der Waals surface area contributed by atoms with Gasteiger partial charge in [-0.25, -0.2) is 0 Å². The molecular weight excluding hydrogens is 420 g/mol. The van der Waals surface area contributed by atoms with Gasteiger partial charge in [0.05, 0.1) is 0 Å². The fourth-order valence-electron chi connectivity index (χ4n) is 6.64. The second-order valence-electron chi connectivity index (χ2n) is 15.1. The van der Waals surface area contributed by atoms with Crippen LogP contribution in [0, 0.1) is 34.5 Å². The van der Waals surface area contributed by atoms with Crippen molar-refractivity contribution in [2.24, 2.45) is 34.5 Å². The van der Waals surface area contributed by atoms with Crippen LogP contribution < -0.4 is 0 Å². The fraction of sp³-hybridized carbons (Fsp3) is 0.657. The highest BCUT2D eigenvalue weighted by molar-refractivity contribution is 5.41. The lowest BCUT2D eigenvalue weighted by Crippen LogP contribution is -2.37. The Hall–Kier alpha value is -1.56. The lowest BCUT2D eigenvalue weighted by atomic mass is 9.62. The molecule has 2 aliphatic carbocycles. The Labute approximate surface area is 218 Å². The molecule has 0 aromatic heterocycles. The van der Waals surface area contributed by atoms with Crippen LogP contribution in [0.15, 0.2) is 42.5 Å². The highest BCUT2D eigenvalue weighted by Gasteiger charge is 2.37. The van der Waals surface area contributed by atoms with E-state index >= 15 is 0 Å². The van der Waals surface area contributed by atoms with Gasteiger partial charge in [0.2, 0.25) is 0 Å². The summed E-state index contributed by atoms with van der Waals surface area (Å²) in [6.07, 6.45) is 6.43. The maximum atomic E-state index is 2.40. The van der Waals surface area contributed by atoms with Gasteiger partial charge in [-0.3, -0.25) is 0 Å². The van der Waals surface area contributed by atoms with E-state index in [0.717, 1.165) is 23.7 Å². The lowest BCUT2D eigenvalue weighted by Gasteiger charge is -2.43. The summed E-state index contributed by atoms with van der Waals surface area (Å²) in [5.74, 6) is 3.27. The molecule has 194 valence electrons. The van der Waals surface area contributed by atoms with E-state index in [9.17, 15) is 0 Å². The molecule has 0 fully saturated rings. The monoisotopic (exact) mass is 474 g/mol. The largest absolute Gasteiger partial charge is 0.0625 e. The Morgan fingerprint density at radius 1 is 0.657 bits per heavy atom. The molecule has 0 saturated carbocycles. The van der Waals surface area contributed by atoms with Gasteiger partial charge in [-0.15, -0.1) is 0 Å². The smallest absolute Gasteiger partial charge is 0.0129 e. The highest BCUT2D eigenvalue weighted by Crippen LogP contribution is 2.44. The van der Waals surface area contributed by atoms with Crippen molar-refractivity contribution in [2.45, 2.75) is 114 Å². The molecule has 0 nitrogen and oxygen atoms in total. The molecule has 0 heterocycles. The van der Waals surface area contributed by atoms with Crippen LogP contribution in [-0.4, -0.2) is 0 Å². The summed E-state index contributed by atoms with van der Waals surface area (Å²) in [7, 11) is 0. The topological polar surface area (TPSA) is 0 Å². The van der Waals surface area contributed by atoms with E-state index in [-0.39, 0.29) is 5.41 Å². The average molecular weight is 475 g/mol. The zero-order chi connectivity index (χ0) is 26.2. The van der Waals surface area contributed by atoms with Crippen LogP contribution in [0.1, 0.15) is 110 Å². The molecule has 0 bridgehead atoms. The van der Waals surface area contributed by atoms with Crippen LogP contribution in [0.2, 0.25) is 0 Å². The van der Waals surface area contributed by atoms with Crippen LogP contribution in [0.3, 0.4) is 0 Å². The van der Waals surface area contributed by atoms with E-state index in [2.05, 4.69) is 119 Å². The molecule has 4 rings (SSSR count). The number of hydrogen-bond acceptors (Lipinski definition) is 0. The maximum Gasteiger partial charge on any atom is -0.0129 e. The molecule has 0 aliphatic heterocycles. The molecule has 0 spiro atoms. The van der Waals surface area contributed by atoms with Gasteiger partial charge in [-0.1, -0.05) is 119 Å². The maximum absolute atomic E-state index is 2.40. The summed E-state index contributed by atoms with van der Waals surface area (Å²) in [5.41, 5.74) is 9.13. The summed E-state index contributed by atoms with van der Waals surface area (Å²) in [5, 5.41) is 0. The normalized spacial score (nSPS) is 22.7. The first-order chi connectivity index (χ1) is 16.1. The number of benzene rings is 2. The molecular formula is C35H54. The molecule has 0 amide bonds. The number of hydrogen-bond donors (Lipinski definition) is 0. The predicted molar refractivity (Wildman–Crippen MR) is 155 cm³/mol. The van der Waals surface area contributed by atoms with Crippen molar-refractivity contribution in [1.82, 2.24) is 0 Å². The Morgan fingerprint density at radius 3 is 1.74 bits per heavy atom. The Morgan fingerprint density at radius 2 is 1.23 bits per heavy atom. The standard InChI is InChI=1S/C18H28.C17H26/c1-17(2,3)14-10-11-15-13(12-14)8-7-9-16(15)18(4,5)6;1-12(2)15-10-13-8-6-7-9-14(13)11-16(15)17(3,4)5/h7-9,14H,10-12H2,1-6H3;6-9,12,15-16H,10-11H2,1-5H3. The molecule has 0 saturated heterocycles. The molecule has 2 aliphatic rings. The van der Waals surface area contributed by atoms with Gasteiger partial charge >= 0.3 is 0 Å². The Bertz CT molecular complexity index is 970. The minimum absolute atomic E-state index is 0.278. The van der Waals surface area contributed by atoms with E-state index in [0.29, 0.717) is 10.8 Å². The summed E-state index contributed by atoms with van der Waals surface area (Å²) in [4.78, 5) is 0. The molecule has 0 radical (unpaired) electrons. The van der Waals surface area contributed by atoms with E-state index in [4.69, 9.17) is 0 Å². The summed E-state index contributed by atoms with van der Waals surface area (Å²) in [6.45, 7) is 26.1. The van der Waals surface area contributed by atoms with Gasteiger partial charge < -0.3 is 0 Å². The minimum atomic E-state index is 0.278. The van der Waals surface area contributed by atoms with Crippen LogP contribution in [0.4, 0.5) is 0 Å². The molecule has 35 heavy (non-hydrogen) atoms. The third kappa shape index (κ3) is 6.81. The van der Waals surface area contributed by atoms with Crippen LogP contribution in [0.25, 0.3) is 0 Å². The Kier molecular flexibility index (Phi) is 8.35. The van der Waals surface area contributed by atoms with Gasteiger partial charge in [0, 0.05) is 0 Å². The third-order valence-corrected chi connectivity index (χ3v) is 9.01. The molecule has 2 aromatic carbocycles. The van der Waals surface area contributed by atoms with Crippen molar-refractivity contribution in [3.63, 3.8) is 0 Å². The van der Waals surface area contributed by atoms with Crippen LogP contribution in [-0.2, 0) is 31.1 Å². The van der Waals surface area contributed by atoms with E-state index in [1.807, 2.05) is 0 Å². The van der Waals surface area contributed by atoms with Gasteiger partial charge in [-0.2, -0.15) is 0 Å². The second-order valence-corrected chi connectivity index (χ2v) is 15.1. The van der Waals surface area contributed by atoms with E-state index < -0.39 is 0 Å². The van der Waals surface area contributed by atoms with Crippen molar-refractivity contribution in [2.75, 3.05) is 0 Å². The molecule has 2 aromatic rings. The zero-order valence-electron chi connectivity index (χ0n) is 24.9. The molecule has 3 unspecified atom stereocenters. The minimum Gasteiger partial charge on any atom is -0.0625 e. The first-order valence-corrected chi connectivity index (χ1v) is 14.3. The molecule has 0 heteroatoms. The van der Waals surface area contributed by atoms with E-state index in [1.165, 1.54) is 32.1 Å². The molecule has 0 N–H and O–H groups in total. The summed E-state index contributed by atoms with van der Waals surface area (Å²) >= 11 is 0. The number of fused-ring (bicyclic) bond motifs is 2. The summed E-state index contributed by atoms with van der Waals surface area (Å²) < 4.78 is 0. The van der Waals surface area contributed by atoms with Crippen molar-refractivity contribution in [3.05, 3.63) is 70.3 Å². The van der Waals surface area contributed by atoms with Crippen LogP contribution >= 0.6 is 0 Å². The highest BCUT2D eigenvalue weighted by atomic mass is 14.4. The zero-order valence-corrected chi connectivity index (χ0v) is 24.9. The summed E-state index contributed by atoms with van der Waals surface area (Å²) in [6, 6.07) is 16.0. The van der Waals surface area contributed by atoms with Crippen LogP contribution in [0.5, 0.6) is 0 Å². The van der Waals surface area contributed by atoms with Gasteiger partial charge in [0.15, 0.2) is 0 Å². The predicted octanol–water partition coefficient (Wildman–Crippen LogP) is 9.85. The third-order valence-electron chi connectivity index (χ3n) is 9.01. The van der Waals surface area contributed by atoms with Crippen molar-refractivity contribution >= 4 is 0 Å². The van der Waals surface area contributed by atoms with Gasteiger partial charge in [-0.05, 0) is 99.8 Å². The first kappa shape index (κ1) is 28.0. The van der Waals surface area contributed by atoms with Gasteiger partial charge in [0.1, 0.15) is 0 Å². The second kappa shape index (κ2) is 10.4. The fourth-order valence-corrected chi connectivity index (χ4v) is 6.64. The first-order valence-electron chi connectivity index (χ1n) is 14.3. The van der Waals surface area contributed by atoms with Gasteiger partial charge in [0.25, 0.3) is 0 Å². The average Bonchev–Trinajstić information content (AvgIpc) is 2.76. The van der Waals surface area contributed by atoms with Crippen molar-refractivity contribution < 1.29 is 0 Å². The number of rotatable bonds is 1. The Balaban J connectivity index is 0.000000196. The van der Waals surface area contributed by atoms with Crippen molar-refractivity contribution in [1.29, 1.82) is 0 Å². The van der Waals surface area contributed by atoms with E-state index in [1.54, 1.807) is 27.8 Å². The lowest BCUT2D eigenvalue weighted by molar-refractivity contribution is 0.111. The molecule has 3 atom stereocenters. The SMILES string of the molecule is CC(C)(C)c1cccc2c1CCC(C(C)(C)C)C2.CC(C)C1Cc2ccccc2CC1C(C)(C)C. The quantitative estimate of drug-likeness (QED) is 0.386.